The van der Waals surface area contributed by atoms with Crippen molar-refractivity contribution >= 4 is 11.6 Å². The summed E-state index contributed by atoms with van der Waals surface area (Å²) in [6.07, 6.45) is 2.96. The Labute approximate surface area is 101 Å². The maximum atomic E-state index is 11.5. The van der Waals surface area contributed by atoms with E-state index in [2.05, 4.69) is 4.90 Å². The normalized spacial score (nSPS) is 21.7. The van der Waals surface area contributed by atoms with Gasteiger partial charge in [-0.1, -0.05) is 13.8 Å². The van der Waals surface area contributed by atoms with Gasteiger partial charge in [0, 0.05) is 24.9 Å². The number of hydrogen-bond donors (Lipinski definition) is 0. The Morgan fingerprint density at radius 2 is 1.71 bits per heavy atom. The first kappa shape index (κ1) is 12.0. The first-order valence-corrected chi connectivity index (χ1v) is 5.94. The molecule has 0 aromatic rings. The Hall–Kier alpha value is -1.42. The lowest BCUT2D eigenvalue weighted by Gasteiger charge is -2.34. The number of nitrogens with zero attached hydrogens (tertiary/aromatic N) is 1. The van der Waals surface area contributed by atoms with Gasteiger partial charge in [0.05, 0.1) is 13.2 Å². The van der Waals surface area contributed by atoms with Crippen LogP contribution < -0.4 is 0 Å². The van der Waals surface area contributed by atoms with E-state index in [4.69, 9.17) is 4.74 Å². The summed E-state index contributed by atoms with van der Waals surface area (Å²) in [5, 5.41) is 0. The van der Waals surface area contributed by atoms with Crippen LogP contribution in [0.4, 0.5) is 0 Å². The summed E-state index contributed by atoms with van der Waals surface area (Å²) in [6.45, 7) is 6.96. The molecule has 0 bridgehead atoms. The van der Waals surface area contributed by atoms with Crippen molar-refractivity contribution in [2.24, 2.45) is 5.92 Å². The van der Waals surface area contributed by atoms with Crippen LogP contribution in [0.3, 0.4) is 0 Å². The van der Waals surface area contributed by atoms with Crippen molar-refractivity contribution in [1.29, 1.82) is 0 Å². The van der Waals surface area contributed by atoms with E-state index in [1.165, 1.54) is 12.2 Å². The van der Waals surface area contributed by atoms with Gasteiger partial charge in [-0.15, -0.1) is 0 Å². The van der Waals surface area contributed by atoms with Gasteiger partial charge in [0.1, 0.15) is 0 Å². The maximum Gasteiger partial charge on any atom is 0.227 e. The van der Waals surface area contributed by atoms with Crippen LogP contribution in [0.5, 0.6) is 0 Å². The van der Waals surface area contributed by atoms with E-state index in [1.807, 2.05) is 13.8 Å². The van der Waals surface area contributed by atoms with Gasteiger partial charge >= 0.3 is 0 Å². The summed E-state index contributed by atoms with van der Waals surface area (Å²) in [7, 11) is 0. The Kier molecular flexibility index (Phi) is 3.43. The summed E-state index contributed by atoms with van der Waals surface area (Å²) in [5.74, 6) is -0.595. The zero-order valence-electron chi connectivity index (χ0n) is 10.2. The summed E-state index contributed by atoms with van der Waals surface area (Å²) in [5.41, 5.74) is 1.85. The van der Waals surface area contributed by atoms with Gasteiger partial charge in [-0.25, -0.2) is 0 Å². The molecule has 0 amide bonds. The maximum absolute atomic E-state index is 11.5. The number of ketones is 2. The van der Waals surface area contributed by atoms with Gasteiger partial charge in [0.2, 0.25) is 11.6 Å². The number of hydrogen-bond acceptors (Lipinski definition) is 4. The van der Waals surface area contributed by atoms with Crippen molar-refractivity contribution in [1.82, 2.24) is 4.90 Å². The van der Waals surface area contributed by atoms with Gasteiger partial charge in [0.25, 0.3) is 0 Å². The van der Waals surface area contributed by atoms with Crippen molar-refractivity contribution in [2.45, 2.75) is 13.8 Å². The molecule has 0 spiro atoms. The third-order valence-corrected chi connectivity index (χ3v) is 3.07. The van der Waals surface area contributed by atoms with E-state index in [9.17, 15) is 9.59 Å². The molecule has 0 saturated carbocycles. The molecule has 1 aliphatic carbocycles. The highest BCUT2D eigenvalue weighted by Gasteiger charge is 2.26. The lowest BCUT2D eigenvalue weighted by Crippen LogP contribution is -2.38. The summed E-state index contributed by atoms with van der Waals surface area (Å²) < 4.78 is 5.29. The average Bonchev–Trinajstić information content (AvgIpc) is 2.33. The van der Waals surface area contributed by atoms with Crippen LogP contribution in [-0.4, -0.2) is 42.8 Å². The van der Waals surface area contributed by atoms with Gasteiger partial charge in [-0.05, 0) is 17.6 Å². The molecule has 1 aliphatic heterocycles. The topological polar surface area (TPSA) is 46.6 Å². The highest BCUT2D eigenvalue weighted by Crippen LogP contribution is 2.26. The minimum atomic E-state index is -0.420. The van der Waals surface area contributed by atoms with Crippen molar-refractivity contribution in [3.63, 3.8) is 0 Å². The minimum absolute atomic E-state index is 0.237. The fourth-order valence-electron chi connectivity index (χ4n) is 2.11. The minimum Gasteiger partial charge on any atom is -0.378 e. The molecule has 0 aromatic heterocycles. The van der Waals surface area contributed by atoms with Crippen LogP contribution in [-0.2, 0) is 14.3 Å². The Morgan fingerprint density at radius 1 is 1.12 bits per heavy atom. The number of rotatable bonds is 2. The van der Waals surface area contributed by atoms with Crippen molar-refractivity contribution in [3.8, 4) is 0 Å². The van der Waals surface area contributed by atoms with Gasteiger partial charge in [0.15, 0.2) is 0 Å². The molecule has 17 heavy (non-hydrogen) atoms. The van der Waals surface area contributed by atoms with Gasteiger partial charge in [-0.2, -0.15) is 0 Å². The average molecular weight is 235 g/mol. The van der Waals surface area contributed by atoms with Gasteiger partial charge in [-0.3, -0.25) is 9.59 Å². The fourth-order valence-corrected chi connectivity index (χ4v) is 2.11. The van der Waals surface area contributed by atoms with Crippen LogP contribution in [0, 0.1) is 5.92 Å². The smallest absolute Gasteiger partial charge is 0.227 e. The molecule has 0 unspecified atom stereocenters. The second-order valence-corrected chi connectivity index (χ2v) is 4.61. The van der Waals surface area contributed by atoms with Gasteiger partial charge < -0.3 is 9.64 Å². The Morgan fingerprint density at radius 3 is 2.29 bits per heavy atom. The highest BCUT2D eigenvalue weighted by molar-refractivity contribution is 6.46. The summed E-state index contributed by atoms with van der Waals surface area (Å²) in [6, 6.07) is 0. The van der Waals surface area contributed by atoms with E-state index in [-0.39, 0.29) is 5.92 Å². The molecule has 4 nitrogen and oxygen atoms in total. The molecule has 2 aliphatic rings. The second kappa shape index (κ2) is 4.84. The molecule has 0 N–H and O–H groups in total. The number of carbonyl (C=O) groups is 2. The van der Waals surface area contributed by atoms with E-state index < -0.39 is 11.6 Å². The van der Waals surface area contributed by atoms with E-state index >= 15 is 0 Å². The van der Waals surface area contributed by atoms with Crippen LogP contribution in [0.15, 0.2) is 23.4 Å². The molecule has 1 saturated heterocycles. The summed E-state index contributed by atoms with van der Waals surface area (Å²) in [4.78, 5) is 25.0. The lowest BCUT2D eigenvalue weighted by molar-refractivity contribution is -0.131. The number of allylic oxidation sites excluding steroid dienone is 3. The van der Waals surface area contributed by atoms with Crippen molar-refractivity contribution in [2.75, 3.05) is 26.3 Å². The van der Waals surface area contributed by atoms with E-state index in [0.717, 1.165) is 24.4 Å². The van der Waals surface area contributed by atoms with Crippen molar-refractivity contribution in [3.05, 3.63) is 23.4 Å². The molecule has 0 radical (unpaired) electrons. The fraction of sp³-hybridized carbons (Fsp3) is 0.538. The highest BCUT2D eigenvalue weighted by atomic mass is 16.5. The van der Waals surface area contributed by atoms with Crippen molar-refractivity contribution < 1.29 is 14.3 Å². The number of carbonyl (C=O) groups excluding carboxylic acids is 2. The Bertz CT molecular complexity index is 401. The predicted octanol–water partition coefficient (Wildman–Crippen LogP) is 0.937. The molecule has 0 aromatic carbocycles. The third-order valence-electron chi connectivity index (χ3n) is 3.07. The molecule has 1 fully saturated rings. The lowest BCUT2D eigenvalue weighted by atomic mass is 9.92. The Balaban J connectivity index is 2.28. The predicted molar refractivity (Wildman–Crippen MR) is 63.4 cm³/mol. The van der Waals surface area contributed by atoms with Crippen LogP contribution in [0.25, 0.3) is 0 Å². The molecular formula is C13H17NO3. The van der Waals surface area contributed by atoms with Crippen LogP contribution in [0.1, 0.15) is 13.8 Å². The van der Waals surface area contributed by atoms with E-state index in [0.29, 0.717) is 13.2 Å². The molecule has 92 valence electrons. The zero-order chi connectivity index (χ0) is 12.4. The van der Waals surface area contributed by atoms with E-state index in [1.54, 1.807) is 0 Å². The second-order valence-electron chi connectivity index (χ2n) is 4.61. The molecular weight excluding hydrogens is 218 g/mol. The number of ether oxygens (including phenoxy) is 1. The zero-order valence-corrected chi connectivity index (χ0v) is 10.2. The monoisotopic (exact) mass is 235 g/mol. The first-order chi connectivity index (χ1) is 8.09. The first-order valence-electron chi connectivity index (χ1n) is 5.94. The summed E-state index contributed by atoms with van der Waals surface area (Å²) >= 11 is 0. The molecule has 4 heteroatoms. The quantitative estimate of drug-likeness (QED) is 0.528. The number of morpholine rings is 1. The van der Waals surface area contributed by atoms with Crippen LogP contribution >= 0.6 is 0 Å². The molecule has 0 atom stereocenters. The third kappa shape index (κ3) is 2.47. The molecule has 1 heterocycles. The largest absolute Gasteiger partial charge is 0.378 e. The SMILES string of the molecule is CC(C)C1=CC(=O)C(=O)C=C1N1CCOCC1. The van der Waals surface area contributed by atoms with Crippen LogP contribution in [0.2, 0.25) is 0 Å². The standard InChI is InChI=1S/C13H17NO3/c1-9(2)10-7-12(15)13(16)8-11(10)14-3-5-17-6-4-14/h7-9H,3-6H2,1-2H3. The molecule has 2 rings (SSSR count).